The Morgan fingerprint density at radius 1 is 1.03 bits per heavy atom. The Bertz CT molecular complexity index is 1310. The third kappa shape index (κ3) is 4.05. The summed E-state index contributed by atoms with van der Waals surface area (Å²) in [6, 6.07) is 21.7. The number of phenolic OH excluding ortho intramolecular Hbond substituents is 1. The number of anilines is 1. The zero-order valence-corrected chi connectivity index (χ0v) is 18.3. The topological polar surface area (TPSA) is 74.9 Å². The summed E-state index contributed by atoms with van der Waals surface area (Å²) in [5.41, 5.74) is 3.53. The molecule has 0 aliphatic rings. The third-order valence-corrected chi connectivity index (χ3v) is 5.81. The minimum absolute atomic E-state index is 0.138. The molecule has 4 rings (SSSR count). The van der Waals surface area contributed by atoms with Crippen LogP contribution < -0.4 is 15.2 Å². The minimum Gasteiger partial charge on any atom is -0.508 e. The summed E-state index contributed by atoms with van der Waals surface area (Å²) < 4.78 is 7.00. The first-order valence-electron chi connectivity index (χ1n) is 10.3. The molecule has 0 fully saturated rings. The molecule has 0 radical (unpaired) electrons. The van der Waals surface area contributed by atoms with Gasteiger partial charge in [0.1, 0.15) is 11.5 Å². The first kappa shape index (κ1) is 21.5. The number of para-hydroxylation sites is 1. The van der Waals surface area contributed by atoms with Crippen LogP contribution in [0.4, 0.5) is 5.69 Å². The number of hydrogen-bond donors (Lipinski definition) is 2. The summed E-state index contributed by atoms with van der Waals surface area (Å²) >= 11 is 0. The number of phenols is 1. The van der Waals surface area contributed by atoms with Crippen molar-refractivity contribution in [2.45, 2.75) is 19.7 Å². The van der Waals surface area contributed by atoms with Gasteiger partial charge in [0, 0.05) is 12.7 Å². The van der Waals surface area contributed by atoms with Gasteiger partial charge in [-0.3, -0.25) is 4.79 Å². The van der Waals surface area contributed by atoms with Crippen LogP contribution in [0.3, 0.4) is 0 Å². The van der Waals surface area contributed by atoms with Gasteiger partial charge in [-0.05, 0) is 72.0 Å². The normalized spacial score (nSPS) is 12.0. The largest absolute Gasteiger partial charge is 0.508 e. The highest BCUT2D eigenvalue weighted by atomic mass is 16.5. The van der Waals surface area contributed by atoms with Gasteiger partial charge in [0.2, 0.25) is 0 Å². The van der Waals surface area contributed by atoms with Crippen LogP contribution in [-0.4, -0.2) is 28.9 Å². The molecule has 1 unspecified atom stereocenters. The lowest BCUT2D eigenvalue weighted by Gasteiger charge is -2.26. The maximum absolute atomic E-state index is 13.6. The Hall–Kier alpha value is -3.77. The van der Waals surface area contributed by atoms with Gasteiger partial charge in [0.25, 0.3) is 5.56 Å². The van der Waals surface area contributed by atoms with Gasteiger partial charge in [-0.15, -0.1) is 0 Å². The molecule has 0 bridgehead atoms. The average molecular weight is 431 g/mol. The molecule has 0 saturated carbocycles. The highest BCUT2D eigenvalue weighted by Crippen LogP contribution is 2.26. The van der Waals surface area contributed by atoms with Crippen molar-refractivity contribution in [3.63, 3.8) is 0 Å². The van der Waals surface area contributed by atoms with Crippen molar-refractivity contribution >= 4 is 16.6 Å². The molecule has 4 aromatic rings. The number of benzene rings is 3. The van der Waals surface area contributed by atoms with Crippen LogP contribution >= 0.6 is 0 Å². The molecule has 2 N–H and O–H groups in total. The van der Waals surface area contributed by atoms with Crippen LogP contribution in [0.1, 0.15) is 22.9 Å². The van der Waals surface area contributed by atoms with Crippen molar-refractivity contribution in [2.24, 2.45) is 0 Å². The first-order valence-corrected chi connectivity index (χ1v) is 10.3. The van der Waals surface area contributed by atoms with Crippen LogP contribution in [0.2, 0.25) is 0 Å². The molecule has 0 saturated heterocycles. The number of aromatic hydroxyl groups is 1. The molecular formula is C26H26N2O4. The summed E-state index contributed by atoms with van der Waals surface area (Å²) in [5, 5.41) is 21.5. The smallest absolute Gasteiger partial charge is 0.259 e. The molecular weight excluding hydrogens is 404 g/mol. The van der Waals surface area contributed by atoms with Crippen LogP contribution in [0, 0.1) is 6.92 Å². The second-order valence-electron chi connectivity index (χ2n) is 7.84. The van der Waals surface area contributed by atoms with Gasteiger partial charge in [0.15, 0.2) is 6.23 Å². The number of fused-ring (bicyclic) bond motifs is 1. The Kier molecular flexibility index (Phi) is 5.88. The van der Waals surface area contributed by atoms with Crippen LogP contribution in [-0.2, 0) is 6.54 Å². The number of aliphatic hydroxyl groups is 1. The van der Waals surface area contributed by atoms with E-state index in [1.807, 2.05) is 49.4 Å². The van der Waals surface area contributed by atoms with Gasteiger partial charge < -0.3 is 24.4 Å². The Labute approximate surface area is 186 Å². The lowest BCUT2D eigenvalue weighted by Crippen LogP contribution is -2.33. The van der Waals surface area contributed by atoms with Gasteiger partial charge in [0.05, 0.1) is 24.7 Å². The van der Waals surface area contributed by atoms with Crippen molar-refractivity contribution in [2.75, 3.05) is 19.1 Å². The number of aromatic nitrogens is 1. The van der Waals surface area contributed by atoms with E-state index in [9.17, 15) is 15.0 Å². The number of aliphatic hydroxyl groups excluding tert-OH is 1. The van der Waals surface area contributed by atoms with Gasteiger partial charge in [-0.1, -0.05) is 24.3 Å². The Morgan fingerprint density at radius 3 is 2.44 bits per heavy atom. The lowest BCUT2D eigenvalue weighted by atomic mass is 10.1. The highest BCUT2D eigenvalue weighted by Gasteiger charge is 2.21. The van der Waals surface area contributed by atoms with E-state index >= 15 is 0 Å². The van der Waals surface area contributed by atoms with Crippen molar-refractivity contribution in [3.05, 3.63) is 99.8 Å². The molecule has 1 aromatic heterocycles. The maximum Gasteiger partial charge on any atom is 0.259 e. The predicted molar refractivity (Wildman–Crippen MR) is 127 cm³/mol. The van der Waals surface area contributed by atoms with Crippen molar-refractivity contribution in [1.82, 2.24) is 4.57 Å². The average Bonchev–Trinajstić information content (AvgIpc) is 2.81. The van der Waals surface area contributed by atoms with Crippen molar-refractivity contribution < 1.29 is 14.9 Å². The zero-order chi connectivity index (χ0) is 22.8. The van der Waals surface area contributed by atoms with Gasteiger partial charge >= 0.3 is 0 Å². The van der Waals surface area contributed by atoms with Crippen LogP contribution in [0.15, 0.2) is 77.6 Å². The number of rotatable bonds is 6. The van der Waals surface area contributed by atoms with Crippen LogP contribution in [0.5, 0.6) is 11.5 Å². The Balaban J connectivity index is 1.80. The van der Waals surface area contributed by atoms with E-state index in [0.717, 1.165) is 27.8 Å². The fraction of sp³-hybridized carbons (Fsp3) is 0.192. The van der Waals surface area contributed by atoms with E-state index in [2.05, 4.69) is 0 Å². The fourth-order valence-electron chi connectivity index (χ4n) is 3.87. The molecule has 0 aliphatic carbocycles. The number of ether oxygens (including phenoxy) is 1. The molecule has 164 valence electrons. The number of methoxy groups -OCH3 is 1. The minimum atomic E-state index is -1.15. The summed E-state index contributed by atoms with van der Waals surface area (Å²) in [5.74, 6) is 0.905. The molecule has 0 spiro atoms. The summed E-state index contributed by atoms with van der Waals surface area (Å²) in [6.07, 6.45) is -1.15. The van der Waals surface area contributed by atoms with E-state index in [1.54, 1.807) is 54.0 Å². The maximum atomic E-state index is 13.6. The molecule has 6 heteroatoms. The standard InChI is InChI=1S/C26H26N2O4/c1-17-14-22(32-3)13-8-19(17)16-28-24-7-5-4-6-18(24)15-23(26(28)31)25(30)27(2)20-9-11-21(29)12-10-20/h4-15,25,29-30H,16H2,1-3H3. The van der Waals surface area contributed by atoms with Crippen molar-refractivity contribution in [3.8, 4) is 11.5 Å². The van der Waals surface area contributed by atoms with E-state index in [0.29, 0.717) is 12.2 Å². The number of pyridine rings is 1. The lowest BCUT2D eigenvalue weighted by molar-refractivity contribution is 0.176. The molecule has 0 amide bonds. The molecule has 0 aliphatic heterocycles. The van der Waals surface area contributed by atoms with Crippen LogP contribution in [0.25, 0.3) is 10.9 Å². The monoisotopic (exact) mass is 430 g/mol. The van der Waals surface area contributed by atoms with E-state index in [4.69, 9.17) is 4.74 Å². The molecule has 6 nitrogen and oxygen atoms in total. The fourth-order valence-corrected chi connectivity index (χ4v) is 3.87. The van der Waals surface area contributed by atoms with E-state index in [1.165, 1.54) is 0 Å². The Morgan fingerprint density at radius 2 is 1.75 bits per heavy atom. The van der Waals surface area contributed by atoms with Gasteiger partial charge in [-0.25, -0.2) is 0 Å². The summed E-state index contributed by atoms with van der Waals surface area (Å²) in [6.45, 7) is 2.36. The summed E-state index contributed by atoms with van der Waals surface area (Å²) in [7, 11) is 3.34. The zero-order valence-electron chi connectivity index (χ0n) is 18.3. The van der Waals surface area contributed by atoms with Crippen molar-refractivity contribution in [1.29, 1.82) is 0 Å². The highest BCUT2D eigenvalue weighted by molar-refractivity contribution is 5.80. The molecule has 3 aromatic carbocycles. The molecule has 1 atom stereocenters. The second-order valence-corrected chi connectivity index (χ2v) is 7.84. The third-order valence-electron chi connectivity index (χ3n) is 5.81. The summed E-state index contributed by atoms with van der Waals surface area (Å²) in [4.78, 5) is 15.2. The van der Waals surface area contributed by atoms with Gasteiger partial charge in [-0.2, -0.15) is 0 Å². The van der Waals surface area contributed by atoms with E-state index in [-0.39, 0.29) is 16.9 Å². The number of nitrogens with zero attached hydrogens (tertiary/aromatic N) is 2. The van der Waals surface area contributed by atoms with E-state index < -0.39 is 6.23 Å². The second kappa shape index (κ2) is 8.77. The molecule has 32 heavy (non-hydrogen) atoms. The SMILES string of the molecule is COc1ccc(Cn2c(=O)c(C(O)N(C)c3ccc(O)cc3)cc3ccccc32)c(C)c1. The first-order chi connectivity index (χ1) is 15.4. The molecule has 1 heterocycles. The predicted octanol–water partition coefficient (Wildman–Crippen LogP) is 4.20. The quantitative estimate of drug-likeness (QED) is 0.449. The number of aryl methyl sites for hydroxylation is 1. The number of hydrogen-bond acceptors (Lipinski definition) is 5.